The maximum Gasteiger partial charge on any atom is 0.0497 e. The standard InChI is InChI=1S/C14H8BrClS/c15-13-11-3-1-2-4-12(11)17-14(13)9-5-7-10(16)8-6-9/h1-8H. The van der Waals surface area contributed by atoms with Crippen LogP contribution in [-0.4, -0.2) is 0 Å². The monoisotopic (exact) mass is 322 g/mol. The van der Waals surface area contributed by atoms with E-state index in [9.17, 15) is 0 Å². The van der Waals surface area contributed by atoms with E-state index in [0.717, 1.165) is 5.02 Å². The zero-order chi connectivity index (χ0) is 11.8. The molecule has 3 heteroatoms. The number of rotatable bonds is 1. The molecule has 0 spiro atoms. The molecule has 0 radical (unpaired) electrons. The van der Waals surface area contributed by atoms with E-state index in [1.54, 1.807) is 11.3 Å². The lowest BCUT2D eigenvalue weighted by Crippen LogP contribution is -1.72. The van der Waals surface area contributed by atoms with E-state index in [4.69, 9.17) is 11.6 Å². The average Bonchev–Trinajstić information content (AvgIpc) is 2.69. The smallest absolute Gasteiger partial charge is 0.0497 e. The Bertz CT molecular complexity index is 670. The van der Waals surface area contributed by atoms with Crippen LogP contribution in [0.4, 0.5) is 0 Å². The molecule has 84 valence electrons. The zero-order valence-corrected chi connectivity index (χ0v) is 11.9. The molecule has 0 saturated heterocycles. The summed E-state index contributed by atoms with van der Waals surface area (Å²) in [5, 5.41) is 2.04. The highest BCUT2D eigenvalue weighted by Crippen LogP contribution is 2.42. The molecule has 17 heavy (non-hydrogen) atoms. The Labute approximate surface area is 117 Å². The topological polar surface area (TPSA) is 0 Å². The normalized spacial score (nSPS) is 10.9. The van der Waals surface area contributed by atoms with Gasteiger partial charge >= 0.3 is 0 Å². The predicted molar refractivity (Wildman–Crippen MR) is 80.0 cm³/mol. The van der Waals surface area contributed by atoms with Crippen LogP contribution in [0.25, 0.3) is 20.5 Å². The van der Waals surface area contributed by atoms with Gasteiger partial charge in [0.2, 0.25) is 0 Å². The molecule has 1 heterocycles. The molecule has 0 aliphatic carbocycles. The highest BCUT2D eigenvalue weighted by atomic mass is 79.9. The van der Waals surface area contributed by atoms with E-state index in [2.05, 4.69) is 52.3 Å². The van der Waals surface area contributed by atoms with Gasteiger partial charge in [-0.25, -0.2) is 0 Å². The predicted octanol–water partition coefficient (Wildman–Crippen LogP) is 5.98. The van der Waals surface area contributed by atoms with Crippen molar-refractivity contribution in [3.05, 3.63) is 58.0 Å². The molecule has 0 bridgehead atoms. The minimum Gasteiger partial charge on any atom is -0.134 e. The van der Waals surface area contributed by atoms with Gasteiger partial charge in [0.05, 0.1) is 0 Å². The van der Waals surface area contributed by atoms with E-state index in [1.807, 2.05) is 12.1 Å². The van der Waals surface area contributed by atoms with Crippen molar-refractivity contribution in [1.29, 1.82) is 0 Å². The van der Waals surface area contributed by atoms with Crippen molar-refractivity contribution in [1.82, 2.24) is 0 Å². The van der Waals surface area contributed by atoms with Gasteiger partial charge in [-0.05, 0) is 39.7 Å². The summed E-state index contributed by atoms with van der Waals surface area (Å²) < 4.78 is 2.46. The Kier molecular flexibility index (Phi) is 2.95. The molecular weight excluding hydrogens is 316 g/mol. The molecule has 0 nitrogen and oxygen atoms in total. The molecular formula is C14H8BrClS. The third-order valence-electron chi connectivity index (χ3n) is 2.64. The molecule has 0 aliphatic heterocycles. The lowest BCUT2D eigenvalue weighted by atomic mass is 10.1. The quantitative estimate of drug-likeness (QED) is 0.516. The molecule has 0 saturated carbocycles. The molecule has 0 unspecified atom stereocenters. The largest absolute Gasteiger partial charge is 0.134 e. The number of fused-ring (bicyclic) bond motifs is 1. The summed E-state index contributed by atoms with van der Waals surface area (Å²) in [4.78, 5) is 1.25. The first-order valence-corrected chi connectivity index (χ1v) is 7.17. The van der Waals surface area contributed by atoms with Gasteiger partial charge in [0.1, 0.15) is 0 Å². The number of benzene rings is 2. The van der Waals surface area contributed by atoms with Gasteiger partial charge < -0.3 is 0 Å². The Balaban J connectivity index is 2.24. The van der Waals surface area contributed by atoms with E-state index < -0.39 is 0 Å². The van der Waals surface area contributed by atoms with Crippen LogP contribution in [0, 0.1) is 0 Å². The van der Waals surface area contributed by atoms with Crippen LogP contribution in [0.15, 0.2) is 53.0 Å². The summed E-state index contributed by atoms with van der Waals surface area (Å²) in [6.45, 7) is 0. The fourth-order valence-corrected chi connectivity index (χ4v) is 3.98. The van der Waals surface area contributed by atoms with Gasteiger partial charge in [0, 0.05) is 24.5 Å². The average molecular weight is 324 g/mol. The highest BCUT2D eigenvalue weighted by molar-refractivity contribution is 9.10. The highest BCUT2D eigenvalue weighted by Gasteiger charge is 2.10. The number of hydrogen-bond donors (Lipinski definition) is 0. The van der Waals surface area contributed by atoms with Gasteiger partial charge in [-0.1, -0.05) is 41.9 Å². The number of hydrogen-bond acceptors (Lipinski definition) is 1. The minimum atomic E-state index is 0.769. The SMILES string of the molecule is Clc1ccc(-c2sc3ccccc3c2Br)cc1. The summed E-state index contributed by atoms with van der Waals surface area (Å²) in [5.41, 5.74) is 1.20. The van der Waals surface area contributed by atoms with Crippen LogP contribution in [0.1, 0.15) is 0 Å². The molecule has 0 fully saturated rings. The Hall–Kier alpha value is -0.830. The lowest BCUT2D eigenvalue weighted by molar-refractivity contribution is 1.69. The molecule has 0 aliphatic rings. The zero-order valence-electron chi connectivity index (χ0n) is 8.78. The van der Waals surface area contributed by atoms with Crippen molar-refractivity contribution in [2.75, 3.05) is 0 Å². The van der Waals surface area contributed by atoms with Crippen molar-refractivity contribution in [3.8, 4) is 10.4 Å². The van der Waals surface area contributed by atoms with Crippen molar-refractivity contribution in [2.24, 2.45) is 0 Å². The number of halogens is 2. The van der Waals surface area contributed by atoms with Gasteiger partial charge in [-0.2, -0.15) is 0 Å². The second-order valence-electron chi connectivity index (χ2n) is 3.75. The van der Waals surface area contributed by atoms with E-state index in [1.165, 1.54) is 25.0 Å². The number of thiophene rings is 1. The second-order valence-corrected chi connectivity index (χ2v) is 6.03. The molecule has 1 aromatic heterocycles. The molecule has 3 rings (SSSR count). The Morgan fingerprint density at radius 2 is 1.65 bits per heavy atom. The van der Waals surface area contributed by atoms with Gasteiger partial charge in [0.25, 0.3) is 0 Å². The first kappa shape index (κ1) is 11.3. The first-order valence-electron chi connectivity index (χ1n) is 5.18. The molecule has 2 aromatic carbocycles. The summed E-state index contributed by atoms with van der Waals surface area (Å²) in [6, 6.07) is 16.4. The lowest BCUT2D eigenvalue weighted by Gasteiger charge is -1.98. The van der Waals surface area contributed by atoms with Crippen molar-refractivity contribution >= 4 is 49.0 Å². The molecule has 0 atom stereocenters. The first-order chi connectivity index (χ1) is 8.25. The maximum absolute atomic E-state index is 5.91. The van der Waals surface area contributed by atoms with Gasteiger partial charge in [-0.15, -0.1) is 11.3 Å². The summed E-state index contributed by atoms with van der Waals surface area (Å²) in [5.74, 6) is 0. The summed E-state index contributed by atoms with van der Waals surface area (Å²) >= 11 is 11.4. The summed E-state index contributed by atoms with van der Waals surface area (Å²) in [7, 11) is 0. The molecule has 3 aromatic rings. The van der Waals surface area contributed by atoms with E-state index in [0.29, 0.717) is 0 Å². The second kappa shape index (κ2) is 4.45. The summed E-state index contributed by atoms with van der Waals surface area (Å²) in [6.07, 6.45) is 0. The van der Waals surface area contributed by atoms with E-state index in [-0.39, 0.29) is 0 Å². The fourth-order valence-electron chi connectivity index (χ4n) is 1.80. The van der Waals surface area contributed by atoms with Crippen LogP contribution in [0.5, 0.6) is 0 Å². The fraction of sp³-hybridized carbons (Fsp3) is 0. The van der Waals surface area contributed by atoms with Gasteiger partial charge in [-0.3, -0.25) is 0 Å². The van der Waals surface area contributed by atoms with Crippen molar-refractivity contribution in [3.63, 3.8) is 0 Å². The Morgan fingerprint density at radius 3 is 2.35 bits per heavy atom. The van der Waals surface area contributed by atoms with Crippen LogP contribution >= 0.6 is 38.9 Å². The minimum absolute atomic E-state index is 0.769. The van der Waals surface area contributed by atoms with Crippen LogP contribution < -0.4 is 0 Å². The van der Waals surface area contributed by atoms with Crippen LogP contribution in [0.3, 0.4) is 0 Å². The Morgan fingerprint density at radius 1 is 0.941 bits per heavy atom. The van der Waals surface area contributed by atoms with Crippen molar-refractivity contribution < 1.29 is 0 Å². The van der Waals surface area contributed by atoms with Crippen molar-refractivity contribution in [2.45, 2.75) is 0 Å². The third-order valence-corrected chi connectivity index (χ3v) is 5.20. The van der Waals surface area contributed by atoms with Crippen LogP contribution in [0.2, 0.25) is 5.02 Å². The third kappa shape index (κ3) is 2.01. The molecule has 0 amide bonds. The maximum atomic E-state index is 5.91. The van der Waals surface area contributed by atoms with Gasteiger partial charge in [0.15, 0.2) is 0 Å². The molecule has 0 N–H and O–H groups in total. The van der Waals surface area contributed by atoms with Crippen LogP contribution in [-0.2, 0) is 0 Å². The van der Waals surface area contributed by atoms with E-state index >= 15 is 0 Å².